The van der Waals surface area contributed by atoms with E-state index in [0.717, 1.165) is 6.42 Å². The summed E-state index contributed by atoms with van der Waals surface area (Å²) in [5.41, 5.74) is 6.70. The molecule has 9 heteroatoms. The summed E-state index contributed by atoms with van der Waals surface area (Å²) in [5.74, 6) is -0.347. The van der Waals surface area contributed by atoms with E-state index in [0.29, 0.717) is 5.56 Å². The minimum Gasteiger partial charge on any atom is -0.446 e. The second kappa shape index (κ2) is 8.22. The first kappa shape index (κ1) is 19.8. The van der Waals surface area contributed by atoms with Gasteiger partial charge in [0.05, 0.1) is 6.04 Å². The number of halogens is 3. The zero-order chi connectivity index (χ0) is 19.3. The van der Waals surface area contributed by atoms with Gasteiger partial charge in [-0.15, -0.1) is 13.2 Å². The highest BCUT2D eigenvalue weighted by molar-refractivity contribution is 5.91. The molecule has 0 aliphatic carbocycles. The summed E-state index contributed by atoms with van der Waals surface area (Å²) in [7, 11) is 0. The molecule has 1 heterocycles. The van der Waals surface area contributed by atoms with E-state index in [1.165, 1.54) is 30.5 Å². The average molecular weight is 371 g/mol. The molecule has 26 heavy (non-hydrogen) atoms. The quantitative estimate of drug-likeness (QED) is 0.777. The maximum Gasteiger partial charge on any atom is 0.573 e. The largest absolute Gasteiger partial charge is 0.573 e. The van der Waals surface area contributed by atoms with E-state index in [1.807, 2.05) is 13.8 Å². The standard InChI is InChI=1S/C17H20F3N3O3/c1-3-10(2)14(21)16-23-13(9-25-16)15(24)22-8-11-4-6-12(7-5-11)26-17(18,19)20/h4-7,9-10,14H,3,8,21H2,1-2H3,(H,22,24). The highest BCUT2D eigenvalue weighted by Gasteiger charge is 2.31. The maximum atomic E-state index is 12.1. The fourth-order valence-corrected chi connectivity index (χ4v) is 2.12. The number of amides is 1. The van der Waals surface area contributed by atoms with Crippen LogP contribution in [0.3, 0.4) is 0 Å². The van der Waals surface area contributed by atoms with Crippen molar-refractivity contribution in [2.75, 3.05) is 0 Å². The van der Waals surface area contributed by atoms with Gasteiger partial charge in [-0.3, -0.25) is 4.79 Å². The number of carbonyl (C=O) groups is 1. The Bertz CT molecular complexity index is 729. The van der Waals surface area contributed by atoms with Crippen LogP contribution in [0.4, 0.5) is 13.2 Å². The predicted molar refractivity (Wildman–Crippen MR) is 87.2 cm³/mol. The first-order valence-corrected chi connectivity index (χ1v) is 8.03. The van der Waals surface area contributed by atoms with Gasteiger partial charge in [0.25, 0.3) is 5.91 Å². The fourth-order valence-electron chi connectivity index (χ4n) is 2.12. The van der Waals surface area contributed by atoms with E-state index in [9.17, 15) is 18.0 Å². The molecule has 0 saturated carbocycles. The lowest BCUT2D eigenvalue weighted by Crippen LogP contribution is -2.24. The van der Waals surface area contributed by atoms with Gasteiger partial charge >= 0.3 is 6.36 Å². The summed E-state index contributed by atoms with van der Waals surface area (Å²) < 4.78 is 45.4. The number of oxazole rings is 1. The summed E-state index contributed by atoms with van der Waals surface area (Å²) in [6.07, 6.45) is -2.66. The minimum atomic E-state index is -4.74. The summed E-state index contributed by atoms with van der Waals surface area (Å²) in [5, 5.41) is 2.61. The smallest absolute Gasteiger partial charge is 0.446 e. The van der Waals surface area contributed by atoms with Crippen LogP contribution in [0.2, 0.25) is 0 Å². The number of hydrogen-bond donors (Lipinski definition) is 2. The Hall–Kier alpha value is -2.55. The summed E-state index contributed by atoms with van der Waals surface area (Å²) >= 11 is 0. The van der Waals surface area contributed by atoms with Crippen LogP contribution < -0.4 is 15.8 Å². The van der Waals surface area contributed by atoms with Gasteiger partial charge in [0.1, 0.15) is 12.0 Å². The Morgan fingerprint density at radius 1 is 1.35 bits per heavy atom. The molecule has 0 spiro atoms. The van der Waals surface area contributed by atoms with Gasteiger partial charge in [0.15, 0.2) is 5.69 Å². The lowest BCUT2D eigenvalue weighted by atomic mass is 10.0. The predicted octanol–water partition coefficient (Wildman–Crippen LogP) is 3.55. The molecule has 0 radical (unpaired) electrons. The highest BCUT2D eigenvalue weighted by atomic mass is 19.4. The zero-order valence-electron chi connectivity index (χ0n) is 14.3. The number of nitrogens with two attached hydrogens (primary N) is 1. The van der Waals surface area contributed by atoms with Gasteiger partial charge in [-0.2, -0.15) is 0 Å². The summed E-state index contributed by atoms with van der Waals surface area (Å²) in [6.45, 7) is 4.07. The molecule has 0 bridgehead atoms. The summed E-state index contributed by atoms with van der Waals surface area (Å²) in [6, 6.07) is 4.80. The van der Waals surface area contributed by atoms with Crippen molar-refractivity contribution >= 4 is 5.91 Å². The number of nitrogens with zero attached hydrogens (tertiary/aromatic N) is 1. The van der Waals surface area contributed by atoms with Crippen molar-refractivity contribution in [3.05, 3.63) is 47.7 Å². The van der Waals surface area contributed by atoms with E-state index in [1.54, 1.807) is 0 Å². The molecule has 0 fully saturated rings. The van der Waals surface area contributed by atoms with Crippen LogP contribution in [0.15, 0.2) is 34.9 Å². The lowest BCUT2D eigenvalue weighted by molar-refractivity contribution is -0.274. The monoisotopic (exact) mass is 371 g/mol. The van der Waals surface area contributed by atoms with E-state index in [4.69, 9.17) is 10.2 Å². The topological polar surface area (TPSA) is 90.4 Å². The van der Waals surface area contributed by atoms with Crippen molar-refractivity contribution in [1.82, 2.24) is 10.3 Å². The number of carbonyl (C=O) groups excluding carboxylic acids is 1. The van der Waals surface area contributed by atoms with Gasteiger partial charge < -0.3 is 20.2 Å². The number of aromatic nitrogens is 1. The molecule has 2 unspecified atom stereocenters. The van der Waals surface area contributed by atoms with Crippen molar-refractivity contribution in [1.29, 1.82) is 0 Å². The van der Waals surface area contributed by atoms with Crippen LogP contribution in [0.25, 0.3) is 0 Å². The molecule has 3 N–H and O–H groups in total. The second-order valence-electron chi connectivity index (χ2n) is 5.86. The molecular weight excluding hydrogens is 351 g/mol. The lowest BCUT2D eigenvalue weighted by Gasteiger charge is -2.13. The van der Waals surface area contributed by atoms with E-state index < -0.39 is 18.3 Å². The molecule has 1 amide bonds. The minimum absolute atomic E-state index is 0.0933. The number of rotatable bonds is 7. The van der Waals surface area contributed by atoms with Crippen LogP contribution in [0, 0.1) is 5.92 Å². The van der Waals surface area contributed by atoms with Gasteiger partial charge in [-0.05, 0) is 23.6 Å². The van der Waals surface area contributed by atoms with Gasteiger partial charge in [-0.1, -0.05) is 32.4 Å². The Balaban J connectivity index is 1.91. The average Bonchev–Trinajstić information content (AvgIpc) is 3.08. The van der Waals surface area contributed by atoms with Crippen LogP contribution in [-0.2, 0) is 6.54 Å². The van der Waals surface area contributed by atoms with Crippen molar-refractivity contribution in [2.24, 2.45) is 11.7 Å². The SMILES string of the molecule is CCC(C)C(N)c1nc(C(=O)NCc2ccc(OC(F)(F)F)cc2)co1. The van der Waals surface area contributed by atoms with Crippen molar-refractivity contribution in [3.8, 4) is 5.75 Å². The molecular formula is C17H20F3N3O3. The summed E-state index contributed by atoms with van der Waals surface area (Å²) in [4.78, 5) is 16.2. The van der Waals surface area contributed by atoms with E-state index in [-0.39, 0.29) is 29.8 Å². The third-order valence-corrected chi connectivity index (χ3v) is 3.91. The molecule has 0 aliphatic heterocycles. The molecule has 6 nitrogen and oxygen atoms in total. The Morgan fingerprint density at radius 3 is 2.58 bits per heavy atom. The van der Waals surface area contributed by atoms with Crippen LogP contribution >= 0.6 is 0 Å². The number of ether oxygens (including phenoxy) is 1. The molecule has 0 saturated heterocycles. The number of hydrogen-bond acceptors (Lipinski definition) is 5. The molecule has 142 valence electrons. The van der Waals surface area contributed by atoms with E-state index >= 15 is 0 Å². The number of alkyl halides is 3. The van der Waals surface area contributed by atoms with E-state index in [2.05, 4.69) is 15.0 Å². The zero-order valence-corrected chi connectivity index (χ0v) is 14.3. The molecule has 1 aromatic carbocycles. The molecule has 1 aromatic heterocycles. The van der Waals surface area contributed by atoms with Crippen molar-refractivity contribution in [3.63, 3.8) is 0 Å². The second-order valence-corrected chi connectivity index (χ2v) is 5.86. The molecule has 2 atom stereocenters. The molecule has 0 aliphatic rings. The molecule has 2 aromatic rings. The Kier molecular flexibility index (Phi) is 6.25. The fraction of sp³-hybridized carbons (Fsp3) is 0.412. The number of nitrogens with one attached hydrogen (secondary N) is 1. The maximum absolute atomic E-state index is 12.1. The Labute approximate surface area is 148 Å². The van der Waals surface area contributed by atoms with Crippen LogP contribution in [0.5, 0.6) is 5.75 Å². The van der Waals surface area contributed by atoms with Crippen molar-refractivity contribution in [2.45, 2.75) is 39.2 Å². The third-order valence-electron chi connectivity index (χ3n) is 3.91. The normalized spacial score (nSPS) is 13.9. The highest BCUT2D eigenvalue weighted by Crippen LogP contribution is 2.23. The first-order valence-electron chi connectivity index (χ1n) is 8.03. The Morgan fingerprint density at radius 2 is 2.00 bits per heavy atom. The van der Waals surface area contributed by atoms with Gasteiger partial charge in [0, 0.05) is 6.54 Å². The van der Waals surface area contributed by atoms with Crippen LogP contribution in [-0.4, -0.2) is 17.3 Å². The third kappa shape index (κ3) is 5.48. The van der Waals surface area contributed by atoms with Gasteiger partial charge in [-0.25, -0.2) is 4.98 Å². The van der Waals surface area contributed by atoms with Crippen LogP contribution in [0.1, 0.15) is 48.3 Å². The van der Waals surface area contributed by atoms with Crippen molar-refractivity contribution < 1.29 is 27.1 Å². The first-order chi connectivity index (χ1) is 12.2. The van der Waals surface area contributed by atoms with Gasteiger partial charge in [0.2, 0.25) is 5.89 Å². The number of benzene rings is 1. The molecule has 2 rings (SSSR count).